The largest absolute Gasteiger partial charge is 0.381 e. The van der Waals surface area contributed by atoms with Crippen LogP contribution in [0.25, 0.3) is 0 Å². The van der Waals surface area contributed by atoms with Crippen molar-refractivity contribution in [3.8, 4) is 6.07 Å². The van der Waals surface area contributed by atoms with Gasteiger partial charge in [-0.15, -0.1) is 0 Å². The van der Waals surface area contributed by atoms with E-state index < -0.39 is 0 Å². The van der Waals surface area contributed by atoms with Crippen LogP contribution in [0.5, 0.6) is 0 Å². The standard InChI is InChI=1S/C29H31N5O3/c1-34-26-9-5-4-8-24(26)27(22-6-2-3-7-23(22)29(34)36)32-14-13-31-25-11-10-21(16-20(25)17-30)33-28(35)19-12-15-37-18-19/h2-11,19-21,27,32H,12-16,18H2,1H3,(H,33,35). The Hall–Kier alpha value is -3.80. The molecule has 4 unspecified atom stereocenters. The van der Waals surface area contributed by atoms with Crippen LogP contribution < -0.4 is 15.5 Å². The molecule has 0 radical (unpaired) electrons. The summed E-state index contributed by atoms with van der Waals surface area (Å²) in [6, 6.07) is 17.6. The van der Waals surface area contributed by atoms with Crippen LogP contribution in [-0.4, -0.2) is 56.9 Å². The van der Waals surface area contributed by atoms with Crippen molar-refractivity contribution in [3.05, 3.63) is 77.4 Å². The molecule has 2 aromatic rings. The summed E-state index contributed by atoms with van der Waals surface area (Å²) in [5, 5.41) is 16.4. The number of anilines is 1. The zero-order valence-electron chi connectivity index (χ0n) is 20.9. The van der Waals surface area contributed by atoms with Crippen LogP contribution in [0.15, 0.2) is 65.7 Å². The van der Waals surface area contributed by atoms with Crippen molar-refractivity contribution in [2.45, 2.75) is 24.9 Å². The number of nitrogens with zero attached hydrogens (tertiary/aromatic N) is 3. The minimum Gasteiger partial charge on any atom is -0.381 e. The number of fused-ring (bicyclic) bond motifs is 2. The van der Waals surface area contributed by atoms with Crippen molar-refractivity contribution in [1.82, 2.24) is 10.6 Å². The molecule has 37 heavy (non-hydrogen) atoms. The Bertz CT molecular complexity index is 1270. The second-order valence-electron chi connectivity index (χ2n) is 9.66. The average Bonchev–Trinajstić information content (AvgIpc) is 3.46. The molecule has 2 heterocycles. The van der Waals surface area contributed by atoms with Crippen molar-refractivity contribution in [1.29, 1.82) is 5.26 Å². The third-order valence-electron chi connectivity index (χ3n) is 7.30. The van der Waals surface area contributed by atoms with Crippen LogP contribution in [0.4, 0.5) is 5.69 Å². The van der Waals surface area contributed by atoms with E-state index in [0.29, 0.717) is 38.3 Å². The van der Waals surface area contributed by atoms with Crippen LogP contribution in [0.3, 0.4) is 0 Å². The fourth-order valence-electron chi connectivity index (χ4n) is 5.27. The first kappa shape index (κ1) is 24.9. The third-order valence-corrected chi connectivity index (χ3v) is 7.30. The van der Waals surface area contributed by atoms with Gasteiger partial charge in [-0.2, -0.15) is 5.26 Å². The molecule has 2 aliphatic heterocycles. The smallest absolute Gasteiger partial charge is 0.258 e. The van der Waals surface area contributed by atoms with Gasteiger partial charge in [0.05, 0.1) is 42.8 Å². The van der Waals surface area contributed by atoms with E-state index in [1.54, 1.807) is 11.9 Å². The number of carbonyl (C=O) groups is 2. The van der Waals surface area contributed by atoms with Crippen molar-refractivity contribution in [2.24, 2.45) is 16.8 Å². The van der Waals surface area contributed by atoms with Crippen molar-refractivity contribution in [3.63, 3.8) is 0 Å². The molecular weight excluding hydrogens is 466 g/mol. The van der Waals surface area contributed by atoms with E-state index in [-0.39, 0.29) is 35.7 Å². The van der Waals surface area contributed by atoms with Gasteiger partial charge in [0.1, 0.15) is 0 Å². The van der Waals surface area contributed by atoms with Gasteiger partial charge in [-0.05, 0) is 42.2 Å². The zero-order valence-corrected chi connectivity index (χ0v) is 20.9. The molecule has 2 N–H and O–H groups in total. The number of nitrogens with one attached hydrogen (secondary N) is 2. The van der Waals surface area contributed by atoms with E-state index in [9.17, 15) is 14.9 Å². The molecule has 0 spiro atoms. The van der Waals surface area contributed by atoms with Gasteiger partial charge in [-0.1, -0.05) is 42.5 Å². The molecule has 4 atom stereocenters. The molecule has 2 amide bonds. The molecule has 0 saturated carbocycles. The van der Waals surface area contributed by atoms with Crippen LogP contribution in [0, 0.1) is 23.2 Å². The SMILES string of the molecule is CN1C(=O)c2ccccc2C(NCCN=C2C=CC(NC(=O)C3CCOC3)CC2C#N)c2ccccc21. The number of ether oxygens (including phenoxy) is 1. The maximum absolute atomic E-state index is 13.1. The number of amides is 2. The molecule has 1 aliphatic carbocycles. The Kier molecular flexibility index (Phi) is 7.45. The van der Waals surface area contributed by atoms with Gasteiger partial charge in [0.25, 0.3) is 5.91 Å². The second-order valence-corrected chi connectivity index (χ2v) is 9.66. The summed E-state index contributed by atoms with van der Waals surface area (Å²) in [5.41, 5.74) is 4.27. The maximum Gasteiger partial charge on any atom is 0.258 e. The van der Waals surface area contributed by atoms with Gasteiger partial charge in [0.2, 0.25) is 5.91 Å². The molecule has 0 bridgehead atoms. The van der Waals surface area contributed by atoms with Gasteiger partial charge in [-0.25, -0.2) is 0 Å². The number of nitriles is 1. The highest BCUT2D eigenvalue weighted by atomic mass is 16.5. The molecule has 1 fully saturated rings. The molecule has 8 heteroatoms. The molecule has 1 saturated heterocycles. The lowest BCUT2D eigenvalue weighted by Gasteiger charge is -2.24. The van der Waals surface area contributed by atoms with E-state index in [0.717, 1.165) is 28.9 Å². The summed E-state index contributed by atoms with van der Waals surface area (Å²) in [4.78, 5) is 32.0. The van der Waals surface area contributed by atoms with Gasteiger partial charge >= 0.3 is 0 Å². The first-order valence-corrected chi connectivity index (χ1v) is 12.8. The highest BCUT2D eigenvalue weighted by molar-refractivity contribution is 6.08. The number of hydrogen-bond acceptors (Lipinski definition) is 6. The Morgan fingerprint density at radius 2 is 1.97 bits per heavy atom. The summed E-state index contributed by atoms with van der Waals surface area (Å²) in [6.07, 6.45) is 5.03. The lowest BCUT2D eigenvalue weighted by molar-refractivity contribution is -0.125. The van der Waals surface area contributed by atoms with Crippen LogP contribution >= 0.6 is 0 Å². The minimum atomic E-state index is -0.374. The van der Waals surface area contributed by atoms with Crippen LogP contribution in [-0.2, 0) is 9.53 Å². The fraction of sp³-hybridized carbons (Fsp3) is 0.379. The number of benzene rings is 2. The Balaban J connectivity index is 1.27. The van der Waals surface area contributed by atoms with Crippen molar-refractivity contribution < 1.29 is 14.3 Å². The number of aliphatic imine (C=N–C) groups is 1. The van der Waals surface area contributed by atoms with Gasteiger partial charge in [0.15, 0.2) is 0 Å². The van der Waals surface area contributed by atoms with E-state index in [1.165, 1.54) is 0 Å². The van der Waals surface area contributed by atoms with E-state index in [1.807, 2.05) is 60.7 Å². The van der Waals surface area contributed by atoms with Crippen molar-refractivity contribution in [2.75, 3.05) is 38.3 Å². The zero-order chi connectivity index (χ0) is 25.8. The van der Waals surface area contributed by atoms with Crippen LogP contribution in [0.2, 0.25) is 0 Å². The molecule has 0 aromatic heterocycles. The molecule has 2 aromatic carbocycles. The van der Waals surface area contributed by atoms with Crippen molar-refractivity contribution >= 4 is 23.2 Å². The number of hydrogen-bond donors (Lipinski definition) is 2. The molecule has 5 rings (SSSR count). The predicted octanol–water partition coefficient (Wildman–Crippen LogP) is 3.02. The number of allylic oxidation sites excluding steroid dienone is 1. The summed E-state index contributed by atoms with van der Waals surface area (Å²) in [6.45, 7) is 2.14. The topological polar surface area (TPSA) is 107 Å². The molecular formula is C29H31N5O3. The summed E-state index contributed by atoms with van der Waals surface area (Å²) in [5.74, 6) is -0.523. The van der Waals surface area contributed by atoms with E-state index >= 15 is 0 Å². The highest BCUT2D eigenvalue weighted by Gasteiger charge is 2.31. The summed E-state index contributed by atoms with van der Waals surface area (Å²) >= 11 is 0. The molecule has 190 valence electrons. The Morgan fingerprint density at radius 1 is 1.19 bits per heavy atom. The number of rotatable bonds is 6. The van der Waals surface area contributed by atoms with Crippen LogP contribution in [0.1, 0.15) is 40.4 Å². The summed E-state index contributed by atoms with van der Waals surface area (Å²) in [7, 11) is 1.81. The minimum absolute atomic E-state index is 0.0125. The van der Waals surface area contributed by atoms with Gasteiger partial charge < -0.3 is 20.3 Å². The lowest BCUT2D eigenvalue weighted by Crippen LogP contribution is -2.41. The Labute approximate surface area is 217 Å². The maximum atomic E-state index is 13.1. The van der Waals surface area contributed by atoms with Gasteiger partial charge in [-0.3, -0.25) is 14.6 Å². The van der Waals surface area contributed by atoms with Gasteiger partial charge in [0, 0.05) is 37.5 Å². The predicted molar refractivity (Wildman–Crippen MR) is 141 cm³/mol. The molecule has 8 nitrogen and oxygen atoms in total. The summed E-state index contributed by atoms with van der Waals surface area (Å²) < 4.78 is 5.31. The quantitative estimate of drug-likeness (QED) is 0.597. The van der Waals surface area contributed by atoms with E-state index in [4.69, 9.17) is 9.73 Å². The van der Waals surface area contributed by atoms with E-state index in [2.05, 4.69) is 16.7 Å². The molecule has 3 aliphatic rings. The number of carbonyl (C=O) groups excluding carboxylic acids is 2. The first-order chi connectivity index (χ1) is 18.1. The first-order valence-electron chi connectivity index (χ1n) is 12.8. The highest BCUT2D eigenvalue weighted by Crippen LogP contribution is 2.36. The lowest BCUT2D eigenvalue weighted by atomic mass is 9.90. The average molecular weight is 498 g/mol. The third kappa shape index (κ3) is 5.19. The fourth-order valence-corrected chi connectivity index (χ4v) is 5.27. The normalized spacial score (nSPS) is 25.8. The monoisotopic (exact) mass is 497 g/mol. The second kappa shape index (κ2) is 11.1. The Morgan fingerprint density at radius 3 is 2.76 bits per heavy atom. The number of para-hydroxylation sites is 1.